The number of nitrogens with zero attached hydrogens (tertiary/aromatic N) is 1. The van der Waals surface area contributed by atoms with Crippen LogP contribution in [0, 0.1) is 0 Å². The van der Waals surface area contributed by atoms with Crippen LogP contribution in [0.25, 0.3) is 0 Å². The number of ether oxygens (including phenoxy) is 1. The van der Waals surface area contributed by atoms with Gasteiger partial charge in [-0.05, 0) is 31.0 Å². The molecule has 6 nitrogen and oxygen atoms in total. The monoisotopic (exact) mass is 278 g/mol. The molecule has 2 amide bonds. The maximum atomic E-state index is 12.5. The summed E-state index contributed by atoms with van der Waals surface area (Å²) in [5.74, 6) is -0.161. The molecule has 1 aliphatic rings. The second-order valence-electron chi connectivity index (χ2n) is 4.65. The van der Waals surface area contributed by atoms with E-state index in [0.29, 0.717) is 18.7 Å². The van der Waals surface area contributed by atoms with Gasteiger partial charge in [-0.25, -0.2) is 0 Å². The maximum Gasteiger partial charge on any atom is 0.258 e. The van der Waals surface area contributed by atoms with Crippen molar-refractivity contribution in [2.75, 3.05) is 20.7 Å². The predicted octanol–water partition coefficient (Wildman–Crippen LogP) is 0.751. The van der Waals surface area contributed by atoms with Crippen LogP contribution in [0.2, 0.25) is 0 Å². The van der Waals surface area contributed by atoms with Gasteiger partial charge < -0.3 is 20.1 Å². The summed E-state index contributed by atoms with van der Waals surface area (Å²) in [7, 11) is 3.04. The summed E-state index contributed by atoms with van der Waals surface area (Å²) in [5.41, 5.74) is 0.153. The smallest absolute Gasteiger partial charge is 0.258 e. The molecule has 108 valence electrons. The zero-order chi connectivity index (χ0) is 14.7. The van der Waals surface area contributed by atoms with E-state index in [0.717, 1.165) is 6.42 Å². The Bertz CT molecular complexity index is 530. The Balaban J connectivity index is 2.28. The molecule has 1 aromatic carbocycles. The van der Waals surface area contributed by atoms with Gasteiger partial charge in [-0.1, -0.05) is 0 Å². The lowest BCUT2D eigenvalue weighted by atomic mass is 10.1. The third-order valence-electron chi connectivity index (χ3n) is 3.50. The summed E-state index contributed by atoms with van der Waals surface area (Å²) in [6.45, 7) is 0.508. The summed E-state index contributed by atoms with van der Waals surface area (Å²) in [5, 5.41) is 12.4. The molecule has 0 bridgehead atoms. The van der Waals surface area contributed by atoms with Crippen LogP contribution in [0.1, 0.15) is 23.2 Å². The molecule has 1 saturated heterocycles. The van der Waals surface area contributed by atoms with E-state index in [9.17, 15) is 14.7 Å². The van der Waals surface area contributed by atoms with Crippen LogP contribution in [-0.2, 0) is 4.79 Å². The van der Waals surface area contributed by atoms with E-state index in [1.807, 2.05) is 0 Å². The fourth-order valence-electron chi connectivity index (χ4n) is 2.42. The van der Waals surface area contributed by atoms with Crippen molar-refractivity contribution in [3.05, 3.63) is 23.8 Å². The average Bonchev–Trinajstić information content (AvgIpc) is 2.95. The van der Waals surface area contributed by atoms with E-state index >= 15 is 0 Å². The Morgan fingerprint density at radius 2 is 2.20 bits per heavy atom. The second-order valence-corrected chi connectivity index (χ2v) is 4.65. The summed E-state index contributed by atoms with van der Waals surface area (Å²) in [4.78, 5) is 25.8. The first kappa shape index (κ1) is 14.2. The number of carbonyl (C=O) groups excluding carboxylic acids is 2. The highest BCUT2D eigenvalue weighted by molar-refractivity contribution is 6.00. The molecule has 2 N–H and O–H groups in total. The summed E-state index contributed by atoms with van der Waals surface area (Å²) >= 11 is 0. The predicted molar refractivity (Wildman–Crippen MR) is 72.8 cm³/mol. The van der Waals surface area contributed by atoms with Crippen LogP contribution in [-0.4, -0.2) is 48.6 Å². The molecule has 0 aliphatic carbocycles. The fraction of sp³-hybridized carbons (Fsp3) is 0.429. The van der Waals surface area contributed by atoms with Crippen LogP contribution in [0.3, 0.4) is 0 Å². The SMILES string of the molecule is CNC(=O)C1CCCN1C(=O)c1cc(OC)ccc1O. The molecule has 1 fully saturated rings. The summed E-state index contributed by atoms with van der Waals surface area (Å²) < 4.78 is 5.06. The van der Waals surface area contributed by atoms with Gasteiger partial charge in [0.25, 0.3) is 5.91 Å². The Morgan fingerprint density at radius 3 is 2.85 bits per heavy atom. The number of amides is 2. The molecule has 0 spiro atoms. The largest absolute Gasteiger partial charge is 0.507 e. The molecule has 0 aromatic heterocycles. The summed E-state index contributed by atoms with van der Waals surface area (Å²) in [6.07, 6.45) is 1.41. The van der Waals surface area contributed by atoms with E-state index in [-0.39, 0.29) is 23.1 Å². The van der Waals surface area contributed by atoms with Crippen LogP contribution in [0.4, 0.5) is 0 Å². The van der Waals surface area contributed by atoms with Gasteiger partial charge in [0.15, 0.2) is 0 Å². The Hall–Kier alpha value is -2.24. The number of hydrogen-bond donors (Lipinski definition) is 2. The third kappa shape index (κ3) is 2.54. The number of rotatable bonds is 3. The van der Waals surface area contributed by atoms with Gasteiger partial charge in [0.05, 0.1) is 12.7 Å². The number of likely N-dealkylation sites (tertiary alicyclic amines) is 1. The van der Waals surface area contributed by atoms with Crippen molar-refractivity contribution < 1.29 is 19.4 Å². The molecule has 1 heterocycles. The van der Waals surface area contributed by atoms with Gasteiger partial charge in [-0.2, -0.15) is 0 Å². The molecule has 6 heteroatoms. The van der Waals surface area contributed by atoms with Crippen LogP contribution in [0.15, 0.2) is 18.2 Å². The Morgan fingerprint density at radius 1 is 1.45 bits per heavy atom. The van der Waals surface area contributed by atoms with Gasteiger partial charge in [-0.3, -0.25) is 9.59 Å². The molecule has 2 rings (SSSR count). The minimum atomic E-state index is -0.474. The molecule has 0 radical (unpaired) electrons. The van der Waals surface area contributed by atoms with Gasteiger partial charge in [0.1, 0.15) is 17.5 Å². The highest BCUT2D eigenvalue weighted by atomic mass is 16.5. The first-order valence-corrected chi connectivity index (χ1v) is 6.48. The van der Waals surface area contributed by atoms with Crippen molar-refractivity contribution in [2.45, 2.75) is 18.9 Å². The highest BCUT2D eigenvalue weighted by Crippen LogP contribution is 2.27. The Kier molecular flexibility index (Phi) is 4.12. The van der Waals surface area contributed by atoms with E-state index in [1.54, 1.807) is 13.1 Å². The van der Waals surface area contributed by atoms with E-state index in [2.05, 4.69) is 5.32 Å². The van der Waals surface area contributed by atoms with Gasteiger partial charge in [0, 0.05) is 13.6 Å². The number of methoxy groups -OCH3 is 1. The molecule has 1 aliphatic heterocycles. The number of phenols is 1. The molecule has 1 atom stereocenters. The van der Waals surface area contributed by atoms with E-state index < -0.39 is 6.04 Å². The molecule has 1 unspecified atom stereocenters. The van der Waals surface area contributed by atoms with Crippen molar-refractivity contribution in [2.24, 2.45) is 0 Å². The second kappa shape index (κ2) is 5.81. The van der Waals surface area contributed by atoms with Crippen molar-refractivity contribution >= 4 is 11.8 Å². The van der Waals surface area contributed by atoms with Gasteiger partial charge in [0.2, 0.25) is 5.91 Å². The van der Waals surface area contributed by atoms with Crippen LogP contribution >= 0.6 is 0 Å². The molecule has 0 saturated carbocycles. The fourth-order valence-corrected chi connectivity index (χ4v) is 2.42. The lowest BCUT2D eigenvalue weighted by Crippen LogP contribution is -2.44. The zero-order valence-electron chi connectivity index (χ0n) is 11.5. The standard InChI is InChI=1S/C14H18N2O4/c1-15-13(18)11-4-3-7-16(11)14(19)10-8-9(20-2)5-6-12(10)17/h5-6,8,11,17H,3-4,7H2,1-2H3,(H,15,18). The number of hydrogen-bond acceptors (Lipinski definition) is 4. The lowest BCUT2D eigenvalue weighted by Gasteiger charge is -2.23. The van der Waals surface area contributed by atoms with Gasteiger partial charge in [-0.15, -0.1) is 0 Å². The number of phenolic OH excluding ortho intramolecular Hbond substituents is 1. The van der Waals surface area contributed by atoms with Crippen LogP contribution < -0.4 is 10.1 Å². The lowest BCUT2D eigenvalue weighted by molar-refractivity contribution is -0.124. The van der Waals surface area contributed by atoms with Gasteiger partial charge >= 0.3 is 0 Å². The maximum absolute atomic E-state index is 12.5. The quantitative estimate of drug-likeness (QED) is 0.855. The highest BCUT2D eigenvalue weighted by Gasteiger charge is 2.34. The summed E-state index contributed by atoms with van der Waals surface area (Å²) in [6, 6.07) is 4.00. The number of likely N-dealkylation sites (N-methyl/N-ethyl adjacent to an activating group) is 1. The first-order chi connectivity index (χ1) is 9.58. The number of carbonyl (C=O) groups is 2. The molecular formula is C14H18N2O4. The van der Waals surface area contributed by atoms with Crippen molar-refractivity contribution in [3.8, 4) is 11.5 Å². The zero-order valence-corrected chi connectivity index (χ0v) is 11.5. The van der Waals surface area contributed by atoms with E-state index in [4.69, 9.17) is 4.74 Å². The van der Waals surface area contributed by atoms with Crippen molar-refractivity contribution in [3.63, 3.8) is 0 Å². The normalized spacial score (nSPS) is 17.9. The first-order valence-electron chi connectivity index (χ1n) is 6.48. The number of aromatic hydroxyl groups is 1. The minimum Gasteiger partial charge on any atom is -0.507 e. The van der Waals surface area contributed by atoms with Crippen LogP contribution in [0.5, 0.6) is 11.5 Å². The Labute approximate surface area is 117 Å². The average molecular weight is 278 g/mol. The van der Waals surface area contributed by atoms with Crippen molar-refractivity contribution in [1.82, 2.24) is 10.2 Å². The van der Waals surface area contributed by atoms with E-state index in [1.165, 1.54) is 24.1 Å². The topological polar surface area (TPSA) is 78.9 Å². The number of nitrogens with one attached hydrogen (secondary N) is 1. The minimum absolute atomic E-state index is 0.113. The third-order valence-corrected chi connectivity index (χ3v) is 3.50. The van der Waals surface area contributed by atoms with Crippen molar-refractivity contribution in [1.29, 1.82) is 0 Å². The molecular weight excluding hydrogens is 260 g/mol. The number of benzene rings is 1. The molecule has 20 heavy (non-hydrogen) atoms. The molecule has 1 aromatic rings.